The summed E-state index contributed by atoms with van der Waals surface area (Å²) < 4.78 is 18.5. The van der Waals surface area contributed by atoms with E-state index in [4.69, 9.17) is 16.0 Å². The van der Waals surface area contributed by atoms with Crippen molar-refractivity contribution in [3.05, 3.63) is 34.1 Å². The van der Waals surface area contributed by atoms with E-state index in [0.29, 0.717) is 16.3 Å². The Labute approximate surface area is 112 Å². The van der Waals surface area contributed by atoms with Crippen LogP contribution < -0.4 is 0 Å². The van der Waals surface area contributed by atoms with Crippen LogP contribution in [-0.2, 0) is 0 Å². The molecule has 0 N–H and O–H groups in total. The lowest BCUT2D eigenvalue weighted by Gasteiger charge is -1.93. The molecule has 0 radical (unpaired) electrons. The second-order valence-electron chi connectivity index (χ2n) is 3.19. The van der Waals surface area contributed by atoms with E-state index < -0.39 is 6.01 Å². The molecule has 0 aliphatic heterocycles. The van der Waals surface area contributed by atoms with Crippen molar-refractivity contribution in [2.24, 2.45) is 0 Å². The smallest absolute Gasteiger partial charge is 0.278 e. The van der Waals surface area contributed by atoms with Crippen molar-refractivity contribution >= 4 is 49.1 Å². The highest BCUT2D eigenvalue weighted by molar-refractivity contribution is 9.10. The van der Waals surface area contributed by atoms with E-state index in [9.17, 15) is 4.39 Å². The van der Waals surface area contributed by atoms with Crippen LogP contribution in [0.2, 0.25) is 5.15 Å². The van der Waals surface area contributed by atoms with Crippen LogP contribution in [0.15, 0.2) is 27.3 Å². The summed E-state index contributed by atoms with van der Waals surface area (Å²) in [6, 6.07) is 2.20. The fourth-order valence-electron chi connectivity index (χ4n) is 1.46. The minimum atomic E-state index is -0.624. The normalized spacial score (nSPS) is 11.2. The van der Waals surface area contributed by atoms with Crippen LogP contribution in [0.5, 0.6) is 0 Å². The van der Waals surface area contributed by atoms with Gasteiger partial charge in [0.2, 0.25) is 0 Å². The molecule has 0 aliphatic carbocycles. The van der Waals surface area contributed by atoms with Gasteiger partial charge in [-0.15, -0.1) is 11.3 Å². The molecule has 0 amide bonds. The summed E-state index contributed by atoms with van der Waals surface area (Å²) in [6.07, 6.45) is 1.39. The lowest BCUT2D eigenvalue weighted by Crippen LogP contribution is -1.78. The second-order valence-corrected chi connectivity index (χ2v) is 5.34. The topological polar surface area (TPSA) is 38.9 Å². The molecular formula is C10H3BrClFN2OS. The third-order valence-corrected chi connectivity index (χ3v) is 4.64. The van der Waals surface area contributed by atoms with Gasteiger partial charge in [-0.1, -0.05) is 11.6 Å². The highest BCUT2D eigenvalue weighted by Crippen LogP contribution is 2.43. The Kier molecular flexibility index (Phi) is 2.65. The molecule has 0 bridgehead atoms. The van der Waals surface area contributed by atoms with Crippen molar-refractivity contribution in [3.63, 3.8) is 0 Å². The molecule has 0 saturated heterocycles. The zero-order valence-corrected chi connectivity index (χ0v) is 11.2. The molecule has 0 spiro atoms. The Hall–Kier alpha value is -0.980. The zero-order chi connectivity index (χ0) is 12.0. The molecule has 0 aromatic carbocycles. The third-order valence-electron chi connectivity index (χ3n) is 2.18. The summed E-state index contributed by atoms with van der Waals surface area (Å²) >= 11 is 10.8. The van der Waals surface area contributed by atoms with Crippen LogP contribution in [0.4, 0.5) is 4.39 Å². The maximum Gasteiger partial charge on any atom is 0.278 e. The summed E-state index contributed by atoms with van der Waals surface area (Å²) in [6.45, 7) is 0. The first-order chi connectivity index (χ1) is 8.16. The molecule has 3 aromatic heterocycles. The Bertz CT molecular complexity index is 711. The summed E-state index contributed by atoms with van der Waals surface area (Å²) in [5, 5.41) is 1.07. The number of hydrogen-bond donors (Lipinski definition) is 0. The van der Waals surface area contributed by atoms with Gasteiger partial charge in [0.1, 0.15) is 22.1 Å². The Balaban J connectivity index is 2.32. The van der Waals surface area contributed by atoms with E-state index in [1.165, 1.54) is 23.7 Å². The van der Waals surface area contributed by atoms with Crippen LogP contribution in [0.25, 0.3) is 20.9 Å². The molecule has 0 aliphatic rings. The molecule has 17 heavy (non-hydrogen) atoms. The number of nitrogens with zero attached hydrogens (tertiary/aromatic N) is 2. The second kappa shape index (κ2) is 4.04. The van der Waals surface area contributed by atoms with Crippen molar-refractivity contribution in [3.8, 4) is 10.6 Å². The van der Waals surface area contributed by atoms with Gasteiger partial charge in [0.15, 0.2) is 0 Å². The van der Waals surface area contributed by atoms with Crippen LogP contribution >= 0.6 is 38.9 Å². The van der Waals surface area contributed by atoms with E-state index in [2.05, 4.69) is 25.9 Å². The van der Waals surface area contributed by atoms with E-state index in [0.717, 1.165) is 14.2 Å². The molecule has 0 saturated carbocycles. The number of furan rings is 1. The van der Waals surface area contributed by atoms with Gasteiger partial charge in [0, 0.05) is 6.07 Å². The van der Waals surface area contributed by atoms with E-state index in [1.807, 2.05) is 0 Å². The van der Waals surface area contributed by atoms with Gasteiger partial charge in [-0.3, -0.25) is 0 Å². The van der Waals surface area contributed by atoms with Crippen molar-refractivity contribution in [1.82, 2.24) is 9.97 Å². The van der Waals surface area contributed by atoms with Gasteiger partial charge in [-0.2, -0.15) is 4.39 Å². The minimum absolute atomic E-state index is 0.358. The predicted octanol–water partition coefficient (Wildman–Crippen LogP) is 4.51. The monoisotopic (exact) mass is 332 g/mol. The average Bonchev–Trinajstić information content (AvgIpc) is 2.84. The van der Waals surface area contributed by atoms with Gasteiger partial charge < -0.3 is 4.42 Å². The standard InChI is InChI=1S/C10H3BrClFN2OS/c11-7-6-9(12)14-3-15-10(6)17-8(7)4-1-2-5(13)16-4/h1-3H. The molecule has 3 heterocycles. The minimum Gasteiger partial charge on any atom is -0.430 e. The SMILES string of the molecule is Fc1ccc(-c2sc3ncnc(Cl)c3c2Br)o1. The third kappa shape index (κ3) is 1.76. The van der Waals surface area contributed by atoms with Crippen molar-refractivity contribution in [2.75, 3.05) is 0 Å². The fraction of sp³-hybridized carbons (Fsp3) is 0. The van der Waals surface area contributed by atoms with Gasteiger partial charge >= 0.3 is 0 Å². The molecule has 0 fully saturated rings. The summed E-state index contributed by atoms with van der Waals surface area (Å²) in [5.41, 5.74) is 0. The van der Waals surface area contributed by atoms with Gasteiger partial charge in [-0.05, 0) is 22.0 Å². The molecule has 0 atom stereocenters. The first-order valence-electron chi connectivity index (χ1n) is 4.51. The first kappa shape index (κ1) is 11.1. The number of thiophene rings is 1. The molecule has 3 nitrogen and oxygen atoms in total. The van der Waals surface area contributed by atoms with Crippen LogP contribution in [0.3, 0.4) is 0 Å². The van der Waals surface area contributed by atoms with E-state index in [1.54, 1.807) is 6.07 Å². The van der Waals surface area contributed by atoms with E-state index in [-0.39, 0.29) is 0 Å². The number of halogens is 3. The summed E-state index contributed by atoms with van der Waals surface area (Å²) in [7, 11) is 0. The molecule has 0 unspecified atom stereocenters. The highest BCUT2D eigenvalue weighted by Gasteiger charge is 2.18. The van der Waals surface area contributed by atoms with Gasteiger partial charge in [0.05, 0.1) is 14.7 Å². The Morgan fingerprint density at radius 3 is 2.82 bits per heavy atom. The van der Waals surface area contributed by atoms with Crippen molar-refractivity contribution in [1.29, 1.82) is 0 Å². The summed E-state index contributed by atoms with van der Waals surface area (Å²) in [5.74, 6) is 0.438. The predicted molar refractivity (Wildman–Crippen MR) is 67.8 cm³/mol. The Morgan fingerprint density at radius 2 is 2.18 bits per heavy atom. The molecule has 3 rings (SSSR count). The molecular weight excluding hydrogens is 331 g/mol. The largest absolute Gasteiger partial charge is 0.430 e. The fourth-order valence-corrected chi connectivity index (χ4v) is 3.80. The maximum atomic E-state index is 12.8. The average molecular weight is 334 g/mol. The lowest BCUT2D eigenvalue weighted by molar-refractivity contribution is 0.367. The maximum absolute atomic E-state index is 12.8. The van der Waals surface area contributed by atoms with Gasteiger partial charge in [-0.25, -0.2) is 9.97 Å². The number of rotatable bonds is 1. The molecule has 86 valence electrons. The number of fused-ring (bicyclic) bond motifs is 1. The molecule has 7 heteroatoms. The van der Waals surface area contributed by atoms with Crippen LogP contribution in [0.1, 0.15) is 0 Å². The van der Waals surface area contributed by atoms with E-state index >= 15 is 0 Å². The van der Waals surface area contributed by atoms with Crippen LogP contribution in [0, 0.1) is 6.01 Å². The quantitative estimate of drug-likeness (QED) is 0.615. The zero-order valence-electron chi connectivity index (χ0n) is 8.08. The van der Waals surface area contributed by atoms with Crippen molar-refractivity contribution < 1.29 is 8.81 Å². The Morgan fingerprint density at radius 1 is 1.35 bits per heavy atom. The first-order valence-corrected chi connectivity index (χ1v) is 6.50. The van der Waals surface area contributed by atoms with Crippen molar-refractivity contribution in [2.45, 2.75) is 0 Å². The molecule has 3 aromatic rings. The highest BCUT2D eigenvalue weighted by atomic mass is 79.9. The number of hydrogen-bond acceptors (Lipinski definition) is 4. The summed E-state index contributed by atoms with van der Waals surface area (Å²) in [4.78, 5) is 9.49. The lowest BCUT2D eigenvalue weighted by atomic mass is 10.3. The van der Waals surface area contributed by atoms with Crippen LogP contribution in [-0.4, -0.2) is 9.97 Å². The van der Waals surface area contributed by atoms with Gasteiger partial charge in [0.25, 0.3) is 6.01 Å². The number of aromatic nitrogens is 2.